The molecule has 4 rings (SSSR count). The molecule has 0 radical (unpaired) electrons. The Morgan fingerprint density at radius 2 is 1.90 bits per heavy atom. The largest absolute Gasteiger partial charge is 0.497 e. The molecule has 4 aromatic rings. The zero-order valence-corrected chi connectivity index (χ0v) is 22.3. The lowest BCUT2D eigenvalue weighted by molar-refractivity contribution is -0.127. The van der Waals surface area contributed by atoms with Crippen LogP contribution < -0.4 is 21.3 Å². The molecule has 0 aliphatic rings. The zero-order chi connectivity index (χ0) is 28.3. The Hall–Kier alpha value is -4.70. The molecule has 0 saturated heterocycles. The molecule has 10 nitrogen and oxygen atoms in total. The number of nitrogens with one attached hydrogen (secondary N) is 2. The van der Waals surface area contributed by atoms with Crippen LogP contribution in [0.15, 0.2) is 83.9 Å². The van der Waals surface area contributed by atoms with Crippen LogP contribution in [-0.4, -0.2) is 52.9 Å². The number of nitrogens with zero attached hydrogens (tertiary/aromatic N) is 2. The first-order valence-electron chi connectivity index (χ1n) is 13.1. The van der Waals surface area contributed by atoms with Gasteiger partial charge in [0.05, 0.1) is 25.1 Å². The lowest BCUT2D eigenvalue weighted by Gasteiger charge is -2.15. The summed E-state index contributed by atoms with van der Waals surface area (Å²) in [6.07, 6.45) is 4.71. The number of hydrogen-bond acceptors (Lipinski definition) is 6. The van der Waals surface area contributed by atoms with Gasteiger partial charge in [0.15, 0.2) is 0 Å². The Morgan fingerprint density at radius 3 is 2.62 bits per heavy atom. The smallest absolute Gasteiger partial charge is 0.275 e. The molecule has 2 aromatic heterocycles. The summed E-state index contributed by atoms with van der Waals surface area (Å²) in [5.74, 6) is -0.212. The van der Waals surface area contributed by atoms with Gasteiger partial charge in [-0.25, -0.2) is 4.68 Å². The normalized spacial score (nSPS) is 11.6. The molecule has 208 valence electrons. The summed E-state index contributed by atoms with van der Waals surface area (Å²) in [7, 11) is 1.57. The lowest BCUT2D eigenvalue weighted by Crippen LogP contribution is -2.45. The first-order valence-corrected chi connectivity index (χ1v) is 13.1. The summed E-state index contributed by atoms with van der Waals surface area (Å²) in [6, 6.07) is 19.5. The minimum Gasteiger partial charge on any atom is -0.497 e. The SMILES string of the molecule is COc1cccc(-n2[nH]c(-c3cccnc3)c(CCOCCCC(=O)N[C@@H](Cc3ccccc3)C(N)=O)c2=O)c1. The number of primary amides is 1. The highest BCUT2D eigenvalue weighted by Crippen LogP contribution is 2.22. The highest BCUT2D eigenvalue weighted by atomic mass is 16.5. The number of ether oxygens (including phenoxy) is 2. The van der Waals surface area contributed by atoms with Crippen LogP contribution in [0.5, 0.6) is 5.75 Å². The quantitative estimate of drug-likeness (QED) is 0.209. The predicted octanol–water partition coefficient (Wildman–Crippen LogP) is 2.79. The number of aromatic amines is 1. The van der Waals surface area contributed by atoms with Gasteiger partial charge in [0.1, 0.15) is 11.8 Å². The summed E-state index contributed by atoms with van der Waals surface area (Å²) in [5, 5.41) is 5.92. The van der Waals surface area contributed by atoms with Gasteiger partial charge in [-0.05, 0) is 36.2 Å². The zero-order valence-electron chi connectivity index (χ0n) is 22.3. The van der Waals surface area contributed by atoms with Gasteiger partial charge in [-0.3, -0.25) is 24.5 Å². The topological polar surface area (TPSA) is 141 Å². The summed E-state index contributed by atoms with van der Waals surface area (Å²) >= 11 is 0. The van der Waals surface area contributed by atoms with Crippen LogP contribution in [-0.2, 0) is 27.2 Å². The Balaban J connectivity index is 1.32. The summed E-state index contributed by atoms with van der Waals surface area (Å²) < 4.78 is 12.6. The number of carbonyl (C=O) groups is 2. The number of pyridine rings is 1. The van der Waals surface area contributed by atoms with Crippen LogP contribution in [0, 0.1) is 0 Å². The molecule has 2 aromatic carbocycles. The molecule has 0 aliphatic heterocycles. The molecular formula is C30H33N5O5. The van der Waals surface area contributed by atoms with Crippen LogP contribution in [0.1, 0.15) is 24.0 Å². The second-order valence-electron chi connectivity index (χ2n) is 9.23. The Bertz CT molecular complexity index is 1470. The van der Waals surface area contributed by atoms with Crippen molar-refractivity contribution in [3.8, 4) is 22.7 Å². The minimum atomic E-state index is -0.776. The van der Waals surface area contributed by atoms with Crippen molar-refractivity contribution in [3.63, 3.8) is 0 Å². The monoisotopic (exact) mass is 543 g/mol. The van der Waals surface area contributed by atoms with Crippen molar-refractivity contribution in [2.24, 2.45) is 5.73 Å². The number of nitrogens with two attached hydrogens (primary N) is 1. The first kappa shape index (κ1) is 28.3. The number of H-pyrrole nitrogens is 1. The molecule has 0 spiro atoms. The van der Waals surface area contributed by atoms with Crippen molar-refractivity contribution in [1.29, 1.82) is 0 Å². The van der Waals surface area contributed by atoms with E-state index in [1.807, 2.05) is 60.7 Å². The Labute approximate surface area is 232 Å². The molecule has 10 heteroatoms. The number of benzene rings is 2. The summed E-state index contributed by atoms with van der Waals surface area (Å²) in [6.45, 7) is 0.613. The average molecular weight is 544 g/mol. The summed E-state index contributed by atoms with van der Waals surface area (Å²) in [5.41, 5.74) is 8.87. The second kappa shape index (κ2) is 13.9. The number of hydrogen-bond donors (Lipinski definition) is 3. The molecule has 2 heterocycles. The van der Waals surface area contributed by atoms with Gasteiger partial charge in [-0.2, -0.15) is 0 Å². The van der Waals surface area contributed by atoms with Crippen LogP contribution >= 0.6 is 0 Å². The minimum absolute atomic E-state index is 0.187. The van der Waals surface area contributed by atoms with E-state index in [0.29, 0.717) is 48.6 Å². The third-order valence-electron chi connectivity index (χ3n) is 6.40. The van der Waals surface area contributed by atoms with Gasteiger partial charge in [-0.15, -0.1) is 0 Å². The second-order valence-corrected chi connectivity index (χ2v) is 9.23. The highest BCUT2D eigenvalue weighted by Gasteiger charge is 2.19. The van der Waals surface area contributed by atoms with Crippen molar-refractivity contribution in [2.45, 2.75) is 31.7 Å². The van der Waals surface area contributed by atoms with Crippen LogP contribution in [0.3, 0.4) is 0 Å². The van der Waals surface area contributed by atoms with Crippen molar-refractivity contribution in [3.05, 3.63) is 101 Å². The van der Waals surface area contributed by atoms with Crippen LogP contribution in [0.2, 0.25) is 0 Å². The maximum Gasteiger partial charge on any atom is 0.275 e. The van der Waals surface area contributed by atoms with Gasteiger partial charge >= 0.3 is 0 Å². The molecule has 0 aliphatic carbocycles. The van der Waals surface area contributed by atoms with Crippen molar-refractivity contribution in [2.75, 3.05) is 20.3 Å². The van der Waals surface area contributed by atoms with Gasteiger partial charge in [0.25, 0.3) is 5.56 Å². The van der Waals surface area contributed by atoms with E-state index < -0.39 is 11.9 Å². The maximum atomic E-state index is 13.4. The van der Waals surface area contributed by atoms with E-state index in [4.69, 9.17) is 15.2 Å². The summed E-state index contributed by atoms with van der Waals surface area (Å²) in [4.78, 5) is 41.8. The molecular weight excluding hydrogens is 510 g/mol. The van der Waals surface area contributed by atoms with Crippen LogP contribution in [0.25, 0.3) is 16.9 Å². The van der Waals surface area contributed by atoms with Gasteiger partial charge in [0, 0.05) is 55.5 Å². The number of aromatic nitrogens is 3. The Kier molecular flexibility index (Phi) is 9.84. The van der Waals surface area contributed by atoms with E-state index in [1.54, 1.807) is 25.6 Å². The lowest BCUT2D eigenvalue weighted by atomic mass is 10.1. The molecule has 0 fully saturated rings. The van der Waals surface area contributed by atoms with Gasteiger partial charge in [0.2, 0.25) is 11.8 Å². The molecule has 40 heavy (non-hydrogen) atoms. The fraction of sp³-hybridized carbons (Fsp3) is 0.267. The van der Waals surface area contributed by atoms with Gasteiger partial charge < -0.3 is 20.5 Å². The van der Waals surface area contributed by atoms with E-state index in [1.165, 1.54) is 4.68 Å². The molecule has 4 N–H and O–H groups in total. The molecule has 2 amide bonds. The van der Waals surface area contributed by atoms with E-state index >= 15 is 0 Å². The van der Waals surface area contributed by atoms with Crippen LogP contribution in [0.4, 0.5) is 0 Å². The van der Waals surface area contributed by atoms with Crippen molar-refractivity contribution < 1.29 is 19.1 Å². The number of amides is 2. The third-order valence-corrected chi connectivity index (χ3v) is 6.40. The molecule has 0 bridgehead atoms. The fourth-order valence-corrected chi connectivity index (χ4v) is 4.33. The number of carbonyl (C=O) groups excluding carboxylic acids is 2. The first-order chi connectivity index (χ1) is 19.5. The van der Waals surface area contributed by atoms with Crippen molar-refractivity contribution in [1.82, 2.24) is 20.1 Å². The van der Waals surface area contributed by atoms with E-state index in [2.05, 4.69) is 15.4 Å². The van der Waals surface area contributed by atoms with Crippen molar-refractivity contribution >= 4 is 11.8 Å². The predicted molar refractivity (Wildman–Crippen MR) is 151 cm³/mol. The van der Waals surface area contributed by atoms with E-state index in [-0.39, 0.29) is 24.5 Å². The average Bonchev–Trinajstić information content (AvgIpc) is 3.31. The van der Waals surface area contributed by atoms with E-state index in [0.717, 1.165) is 11.1 Å². The molecule has 1 atom stereocenters. The van der Waals surface area contributed by atoms with E-state index in [9.17, 15) is 14.4 Å². The molecule has 0 saturated carbocycles. The third kappa shape index (κ3) is 7.45. The van der Waals surface area contributed by atoms with Gasteiger partial charge in [-0.1, -0.05) is 36.4 Å². The fourth-order valence-electron chi connectivity index (χ4n) is 4.33. The number of rotatable bonds is 14. The molecule has 0 unspecified atom stereocenters. The highest BCUT2D eigenvalue weighted by molar-refractivity contribution is 5.86. The maximum absolute atomic E-state index is 13.4. The number of methoxy groups -OCH3 is 1. The Morgan fingerprint density at radius 1 is 1.07 bits per heavy atom. The standard InChI is InChI=1S/C30H33N5O5/c1-39-24-12-5-11-23(19-24)35-30(38)25(28(34-35)22-10-6-15-32-20-22)14-17-40-16-7-13-27(36)33-26(29(31)37)18-21-8-3-2-4-9-21/h2-6,8-12,15,19-20,26,34H,7,13-14,16-18H2,1H3,(H2,31,37)(H,33,36)/t26-/m0/s1.